The third kappa shape index (κ3) is 5.86. The lowest BCUT2D eigenvalue weighted by molar-refractivity contribution is -0.117. The van der Waals surface area contributed by atoms with Gasteiger partial charge in [0.15, 0.2) is 0 Å². The highest BCUT2D eigenvalue weighted by Crippen LogP contribution is 2.30. The number of aromatic nitrogens is 1. The number of benzene rings is 2. The predicted octanol–water partition coefficient (Wildman–Crippen LogP) is 3.01. The molecule has 2 amide bonds. The van der Waals surface area contributed by atoms with Crippen LogP contribution in [-0.2, 0) is 22.1 Å². The van der Waals surface area contributed by atoms with Crippen LogP contribution in [0, 0.1) is 6.92 Å². The van der Waals surface area contributed by atoms with Gasteiger partial charge in [0.05, 0.1) is 16.6 Å². The van der Waals surface area contributed by atoms with E-state index in [1.54, 1.807) is 29.8 Å². The first-order valence-electron chi connectivity index (χ1n) is 10.9. The average molecular weight is 535 g/mol. The number of amides is 2. The van der Waals surface area contributed by atoms with Gasteiger partial charge in [-0.15, -0.1) is 0 Å². The summed E-state index contributed by atoms with van der Waals surface area (Å²) in [5.74, 6) is -2.23. The molecule has 0 aliphatic heterocycles. The summed E-state index contributed by atoms with van der Waals surface area (Å²) < 4.78 is 29.1. The number of carboxylic acids is 1. The van der Waals surface area contributed by atoms with Crippen LogP contribution in [0.15, 0.2) is 42.5 Å². The molecule has 3 N–H and O–H groups in total. The molecule has 0 aliphatic rings. The fourth-order valence-electron chi connectivity index (χ4n) is 3.81. The minimum atomic E-state index is -4.04. The van der Waals surface area contributed by atoms with E-state index in [2.05, 4.69) is 5.32 Å². The van der Waals surface area contributed by atoms with E-state index in [0.717, 1.165) is 27.7 Å². The van der Waals surface area contributed by atoms with Gasteiger partial charge in [-0.05, 0) is 48.7 Å². The number of rotatable bonds is 9. The molecule has 1 aromatic heterocycles. The molecule has 12 heteroatoms. The minimum Gasteiger partial charge on any atom is -0.478 e. The van der Waals surface area contributed by atoms with E-state index in [9.17, 15) is 27.9 Å². The number of aryl methyl sites for hydroxylation is 2. The van der Waals surface area contributed by atoms with Crippen LogP contribution in [-0.4, -0.2) is 53.8 Å². The number of carboxylic acid groups (broad SMARTS) is 1. The van der Waals surface area contributed by atoms with Crippen molar-refractivity contribution >= 4 is 50.5 Å². The molecule has 1 atom stereocenters. The summed E-state index contributed by atoms with van der Waals surface area (Å²) >= 11 is 6.44. The average Bonchev–Trinajstić information content (AvgIpc) is 3.15. The zero-order valence-corrected chi connectivity index (χ0v) is 21.8. The molecule has 0 fully saturated rings. The van der Waals surface area contributed by atoms with Crippen LogP contribution in [0.3, 0.4) is 0 Å². The summed E-state index contributed by atoms with van der Waals surface area (Å²) in [6.45, 7) is 2.93. The molecule has 192 valence electrons. The van der Waals surface area contributed by atoms with Crippen molar-refractivity contribution in [3.8, 4) is 0 Å². The van der Waals surface area contributed by atoms with Gasteiger partial charge in [0.1, 0.15) is 5.69 Å². The highest BCUT2D eigenvalue weighted by Gasteiger charge is 2.24. The first-order valence-corrected chi connectivity index (χ1v) is 12.8. The molecule has 36 heavy (non-hydrogen) atoms. The summed E-state index contributed by atoms with van der Waals surface area (Å²) in [7, 11) is -0.989. The van der Waals surface area contributed by atoms with Crippen molar-refractivity contribution in [2.24, 2.45) is 7.05 Å². The molecular weight excluding hydrogens is 508 g/mol. The molecule has 0 saturated carbocycles. The van der Waals surface area contributed by atoms with E-state index >= 15 is 0 Å². The van der Waals surface area contributed by atoms with Gasteiger partial charge in [0.2, 0.25) is 5.91 Å². The largest absolute Gasteiger partial charge is 0.478 e. The van der Waals surface area contributed by atoms with E-state index in [0.29, 0.717) is 16.3 Å². The van der Waals surface area contributed by atoms with Crippen molar-refractivity contribution in [1.29, 1.82) is 0 Å². The van der Waals surface area contributed by atoms with Crippen molar-refractivity contribution in [3.05, 3.63) is 69.9 Å². The van der Waals surface area contributed by atoms with Crippen LogP contribution in [0.5, 0.6) is 0 Å². The molecule has 3 rings (SSSR count). The normalized spacial score (nSPS) is 12.5. The Bertz CT molecular complexity index is 1430. The smallest absolute Gasteiger partial charge is 0.335 e. The lowest BCUT2D eigenvalue weighted by Crippen LogP contribution is -2.42. The molecule has 1 heterocycles. The van der Waals surface area contributed by atoms with Gasteiger partial charge in [-0.3, -0.25) is 9.59 Å². The van der Waals surface area contributed by atoms with Crippen LogP contribution < -0.4 is 10.0 Å². The fraction of sp³-hybridized carbons (Fsp3) is 0.292. The number of carbonyl (C=O) groups is 3. The molecule has 0 radical (unpaired) electrons. The minimum absolute atomic E-state index is 0.0334. The monoisotopic (exact) mass is 534 g/mol. The van der Waals surface area contributed by atoms with Crippen molar-refractivity contribution in [1.82, 2.24) is 18.9 Å². The van der Waals surface area contributed by atoms with Crippen molar-refractivity contribution in [3.63, 3.8) is 0 Å². The number of halogens is 1. The number of fused-ring (bicyclic) bond motifs is 1. The number of hydrogen-bond donors (Lipinski definition) is 3. The maximum atomic E-state index is 13.3. The quantitative estimate of drug-likeness (QED) is 0.386. The van der Waals surface area contributed by atoms with E-state index in [4.69, 9.17) is 11.6 Å². The van der Waals surface area contributed by atoms with Gasteiger partial charge in [-0.25, -0.2) is 9.52 Å². The number of nitrogens with one attached hydrogen (secondary N) is 2. The van der Waals surface area contributed by atoms with Gasteiger partial charge in [-0.1, -0.05) is 29.8 Å². The molecule has 0 aliphatic carbocycles. The SMILES string of the molecule is CC(=O)NS(=O)(=O)N(C)CCC(NC(=O)c1cc2c(Cl)c(C)ccc2n1C)c1ccc(C(=O)O)cc1. The van der Waals surface area contributed by atoms with Crippen molar-refractivity contribution in [2.45, 2.75) is 26.3 Å². The van der Waals surface area contributed by atoms with Crippen LogP contribution >= 0.6 is 11.6 Å². The number of hydrogen-bond acceptors (Lipinski definition) is 5. The molecule has 10 nitrogen and oxygen atoms in total. The van der Waals surface area contributed by atoms with Crippen molar-refractivity contribution < 1.29 is 27.9 Å². The number of carbonyl (C=O) groups excluding carboxylic acids is 2. The summed E-state index contributed by atoms with van der Waals surface area (Å²) in [5.41, 5.74) is 2.67. The molecule has 0 spiro atoms. The van der Waals surface area contributed by atoms with Crippen LogP contribution in [0.25, 0.3) is 10.9 Å². The Labute approximate surface area is 214 Å². The van der Waals surface area contributed by atoms with Crippen molar-refractivity contribution in [2.75, 3.05) is 13.6 Å². The van der Waals surface area contributed by atoms with Crippen LogP contribution in [0.4, 0.5) is 0 Å². The zero-order valence-electron chi connectivity index (χ0n) is 20.2. The van der Waals surface area contributed by atoms with E-state index in [-0.39, 0.29) is 18.5 Å². The number of nitrogens with zero attached hydrogens (tertiary/aromatic N) is 2. The third-order valence-corrected chi connectivity index (χ3v) is 7.92. The van der Waals surface area contributed by atoms with Gasteiger partial charge in [0, 0.05) is 38.5 Å². The molecule has 3 aromatic rings. The second-order valence-corrected chi connectivity index (χ2v) is 10.6. The Hall–Kier alpha value is -3.41. The van der Waals surface area contributed by atoms with Gasteiger partial charge < -0.3 is 15.0 Å². The highest BCUT2D eigenvalue weighted by atomic mass is 35.5. The second kappa shape index (κ2) is 10.7. The standard InChI is InChI=1S/C24H27ClN4O6S/c1-14-5-10-20-18(22(14)25)13-21(29(20)4)23(31)26-19(16-6-8-17(9-7-16)24(32)33)11-12-28(3)36(34,35)27-15(2)30/h5-10,13,19H,11-12H2,1-4H3,(H,26,31)(H,27,30)(H,32,33). The topological polar surface area (TPSA) is 138 Å². The molecule has 1 unspecified atom stereocenters. The summed E-state index contributed by atoms with van der Waals surface area (Å²) in [4.78, 5) is 35.8. The maximum Gasteiger partial charge on any atom is 0.335 e. The molecule has 0 bridgehead atoms. The summed E-state index contributed by atoms with van der Waals surface area (Å²) in [6, 6.07) is 10.7. The Morgan fingerprint density at radius 1 is 1.14 bits per heavy atom. The van der Waals surface area contributed by atoms with E-state index < -0.39 is 34.0 Å². The lowest BCUT2D eigenvalue weighted by atomic mass is 10.0. The van der Waals surface area contributed by atoms with Crippen LogP contribution in [0.2, 0.25) is 5.02 Å². The second-order valence-electron chi connectivity index (χ2n) is 8.44. The van der Waals surface area contributed by atoms with E-state index in [1.165, 1.54) is 19.2 Å². The Morgan fingerprint density at radius 3 is 2.36 bits per heavy atom. The fourth-order valence-corrected chi connectivity index (χ4v) is 4.88. The predicted molar refractivity (Wildman–Crippen MR) is 136 cm³/mol. The molecule has 2 aromatic carbocycles. The first-order chi connectivity index (χ1) is 16.8. The Balaban J connectivity index is 1.90. The highest BCUT2D eigenvalue weighted by molar-refractivity contribution is 7.87. The Kier molecular flexibility index (Phi) is 8.07. The van der Waals surface area contributed by atoms with Crippen LogP contribution in [0.1, 0.15) is 51.4 Å². The maximum absolute atomic E-state index is 13.3. The lowest BCUT2D eigenvalue weighted by Gasteiger charge is -2.23. The van der Waals surface area contributed by atoms with Gasteiger partial charge in [-0.2, -0.15) is 12.7 Å². The van der Waals surface area contributed by atoms with E-state index in [1.807, 2.05) is 23.8 Å². The molecular formula is C24H27ClN4O6S. The third-order valence-electron chi connectivity index (χ3n) is 5.87. The Morgan fingerprint density at radius 2 is 1.78 bits per heavy atom. The number of aromatic carboxylic acids is 1. The summed E-state index contributed by atoms with van der Waals surface area (Å²) in [5, 5.41) is 13.4. The molecule has 0 saturated heterocycles. The van der Waals surface area contributed by atoms with Gasteiger partial charge in [0.25, 0.3) is 5.91 Å². The summed E-state index contributed by atoms with van der Waals surface area (Å²) in [6.07, 6.45) is 0.150. The zero-order chi connectivity index (χ0) is 26.8. The van der Waals surface area contributed by atoms with Gasteiger partial charge >= 0.3 is 16.2 Å². The first kappa shape index (κ1) is 27.2.